The fourth-order valence-electron chi connectivity index (χ4n) is 5.72. The molecule has 1 unspecified atom stereocenters. The summed E-state index contributed by atoms with van der Waals surface area (Å²) in [5.74, 6) is -0.0998. The number of unbranched alkanes of at least 4 members (excludes halogenated alkanes) is 1. The first-order valence-corrected chi connectivity index (χ1v) is 14.8. The van der Waals surface area contributed by atoms with Crippen LogP contribution in [0.3, 0.4) is 0 Å². The molecule has 2 N–H and O–H groups in total. The van der Waals surface area contributed by atoms with Crippen LogP contribution in [0.1, 0.15) is 46.4 Å². The van der Waals surface area contributed by atoms with E-state index in [1.807, 2.05) is 101 Å². The standard InChI is InChI=1S/C35H38N4O4/c1-26-32(34(41)39-23-22-37(35(42)43)25-31(39)24-28-13-6-3-7-14-28)20-21-38(26)30-18-16-29(17-19-30)36-33(40)15-9-8-12-27-10-4-2-5-11-27/h2-7,10-11,13-14,16-21,31H,8-9,12,15,22-25H2,1H3,(H,36,40)(H,42,43). The van der Waals surface area contributed by atoms with E-state index in [1.165, 1.54) is 10.5 Å². The van der Waals surface area contributed by atoms with Crippen LogP contribution < -0.4 is 5.32 Å². The van der Waals surface area contributed by atoms with Gasteiger partial charge in [0.1, 0.15) is 0 Å². The first-order valence-electron chi connectivity index (χ1n) is 14.8. The number of nitrogens with one attached hydrogen (secondary N) is 1. The van der Waals surface area contributed by atoms with Gasteiger partial charge in [0.2, 0.25) is 5.91 Å². The van der Waals surface area contributed by atoms with E-state index in [4.69, 9.17) is 0 Å². The normalized spacial score (nSPS) is 14.9. The molecule has 3 amide bonds. The maximum Gasteiger partial charge on any atom is 0.407 e. The highest BCUT2D eigenvalue weighted by atomic mass is 16.4. The second kappa shape index (κ2) is 13.9. The Morgan fingerprint density at radius 2 is 1.51 bits per heavy atom. The average molecular weight is 579 g/mol. The Balaban J connectivity index is 1.20. The molecule has 222 valence electrons. The van der Waals surface area contributed by atoms with E-state index in [9.17, 15) is 19.5 Å². The van der Waals surface area contributed by atoms with Gasteiger partial charge in [-0.25, -0.2) is 4.79 Å². The average Bonchev–Trinajstić information content (AvgIpc) is 3.41. The molecule has 1 aromatic heterocycles. The largest absolute Gasteiger partial charge is 0.465 e. The van der Waals surface area contributed by atoms with Crippen molar-refractivity contribution < 1.29 is 19.5 Å². The Labute approximate surface area is 252 Å². The molecule has 1 aliphatic rings. The predicted octanol–water partition coefficient (Wildman–Crippen LogP) is 6.18. The van der Waals surface area contributed by atoms with Crippen LogP contribution in [0.2, 0.25) is 0 Å². The molecule has 2 heterocycles. The molecule has 1 fully saturated rings. The zero-order chi connectivity index (χ0) is 30.2. The number of hydrogen-bond acceptors (Lipinski definition) is 3. The number of nitrogens with zero attached hydrogens (tertiary/aromatic N) is 3. The Morgan fingerprint density at radius 1 is 0.837 bits per heavy atom. The summed E-state index contributed by atoms with van der Waals surface area (Å²) in [4.78, 5) is 41.2. The number of carbonyl (C=O) groups is 3. The monoisotopic (exact) mass is 578 g/mol. The Kier molecular flexibility index (Phi) is 9.56. The van der Waals surface area contributed by atoms with E-state index in [0.717, 1.165) is 41.9 Å². The smallest absolute Gasteiger partial charge is 0.407 e. The van der Waals surface area contributed by atoms with Gasteiger partial charge in [-0.2, -0.15) is 0 Å². The zero-order valence-electron chi connectivity index (χ0n) is 24.5. The second-order valence-corrected chi connectivity index (χ2v) is 11.0. The predicted molar refractivity (Wildman–Crippen MR) is 168 cm³/mol. The first-order chi connectivity index (χ1) is 20.9. The number of aromatic nitrogens is 1. The molecule has 0 saturated carbocycles. The molecule has 3 aromatic carbocycles. The summed E-state index contributed by atoms with van der Waals surface area (Å²) in [5, 5.41) is 12.6. The van der Waals surface area contributed by atoms with Crippen molar-refractivity contribution in [3.8, 4) is 5.69 Å². The van der Waals surface area contributed by atoms with E-state index in [-0.39, 0.29) is 30.9 Å². The summed E-state index contributed by atoms with van der Waals surface area (Å²) in [6.45, 7) is 2.81. The van der Waals surface area contributed by atoms with E-state index < -0.39 is 6.09 Å². The third-order valence-electron chi connectivity index (χ3n) is 8.09. The van der Waals surface area contributed by atoms with Crippen LogP contribution in [0.15, 0.2) is 97.2 Å². The van der Waals surface area contributed by atoms with Crippen molar-refractivity contribution in [2.24, 2.45) is 0 Å². The van der Waals surface area contributed by atoms with Crippen LogP contribution in [0.25, 0.3) is 5.69 Å². The summed E-state index contributed by atoms with van der Waals surface area (Å²) < 4.78 is 1.96. The van der Waals surface area contributed by atoms with Gasteiger partial charge in [-0.1, -0.05) is 60.7 Å². The van der Waals surface area contributed by atoms with Crippen molar-refractivity contribution in [3.05, 3.63) is 120 Å². The summed E-state index contributed by atoms with van der Waals surface area (Å²) >= 11 is 0. The molecule has 4 aromatic rings. The fourth-order valence-corrected chi connectivity index (χ4v) is 5.72. The molecule has 0 radical (unpaired) electrons. The maximum absolute atomic E-state index is 13.8. The number of hydrogen-bond donors (Lipinski definition) is 2. The number of carbonyl (C=O) groups excluding carboxylic acids is 2. The summed E-state index contributed by atoms with van der Waals surface area (Å²) in [7, 11) is 0. The SMILES string of the molecule is Cc1c(C(=O)N2CCN(C(=O)O)CC2Cc2ccccc2)ccn1-c1ccc(NC(=O)CCCCc2ccccc2)cc1. The molecule has 1 aliphatic heterocycles. The van der Waals surface area contributed by atoms with Crippen molar-refractivity contribution >= 4 is 23.6 Å². The summed E-state index contributed by atoms with van der Waals surface area (Å²) in [6.07, 6.45) is 4.73. The summed E-state index contributed by atoms with van der Waals surface area (Å²) in [6, 6.07) is 29.3. The van der Waals surface area contributed by atoms with Crippen LogP contribution >= 0.6 is 0 Å². The van der Waals surface area contributed by atoms with Crippen molar-refractivity contribution in [2.45, 2.75) is 45.1 Å². The minimum atomic E-state index is -0.963. The molecule has 43 heavy (non-hydrogen) atoms. The van der Waals surface area contributed by atoms with Crippen LogP contribution in [0.5, 0.6) is 0 Å². The molecule has 0 spiro atoms. The Morgan fingerprint density at radius 3 is 2.19 bits per heavy atom. The topological polar surface area (TPSA) is 94.9 Å². The number of carboxylic acid groups (broad SMARTS) is 1. The number of anilines is 1. The van der Waals surface area contributed by atoms with Gasteiger partial charge >= 0.3 is 6.09 Å². The van der Waals surface area contributed by atoms with Crippen molar-refractivity contribution in [3.63, 3.8) is 0 Å². The highest BCUT2D eigenvalue weighted by molar-refractivity contribution is 5.96. The quantitative estimate of drug-likeness (QED) is 0.220. The number of aryl methyl sites for hydroxylation is 1. The summed E-state index contributed by atoms with van der Waals surface area (Å²) in [5.41, 5.74) is 5.36. The lowest BCUT2D eigenvalue weighted by Gasteiger charge is -2.40. The highest BCUT2D eigenvalue weighted by Crippen LogP contribution is 2.24. The van der Waals surface area contributed by atoms with Gasteiger partial charge in [0.25, 0.3) is 5.91 Å². The third-order valence-corrected chi connectivity index (χ3v) is 8.09. The lowest BCUT2D eigenvalue weighted by molar-refractivity contribution is -0.116. The molecule has 8 heteroatoms. The minimum Gasteiger partial charge on any atom is -0.465 e. The van der Waals surface area contributed by atoms with Crippen LogP contribution in [-0.4, -0.2) is 63.1 Å². The minimum absolute atomic E-state index is 0.00103. The molecule has 0 bridgehead atoms. The van der Waals surface area contributed by atoms with Crippen LogP contribution in [-0.2, 0) is 17.6 Å². The molecule has 8 nitrogen and oxygen atoms in total. The van der Waals surface area contributed by atoms with E-state index in [1.54, 1.807) is 0 Å². The van der Waals surface area contributed by atoms with Gasteiger partial charge in [0.05, 0.1) is 11.6 Å². The van der Waals surface area contributed by atoms with Gasteiger partial charge in [-0.3, -0.25) is 9.59 Å². The van der Waals surface area contributed by atoms with Gasteiger partial charge in [0, 0.05) is 49.3 Å². The van der Waals surface area contributed by atoms with Crippen LogP contribution in [0, 0.1) is 6.92 Å². The fraction of sp³-hybridized carbons (Fsp3) is 0.286. The molecule has 1 saturated heterocycles. The van der Waals surface area contributed by atoms with E-state index in [2.05, 4.69) is 17.4 Å². The second-order valence-electron chi connectivity index (χ2n) is 11.0. The third kappa shape index (κ3) is 7.52. The van der Waals surface area contributed by atoms with E-state index >= 15 is 0 Å². The van der Waals surface area contributed by atoms with Gasteiger partial charge in [-0.15, -0.1) is 0 Å². The van der Waals surface area contributed by atoms with E-state index in [0.29, 0.717) is 24.9 Å². The van der Waals surface area contributed by atoms with Crippen molar-refractivity contribution in [1.29, 1.82) is 0 Å². The maximum atomic E-state index is 13.8. The number of benzene rings is 3. The number of piperazine rings is 1. The van der Waals surface area contributed by atoms with Crippen LogP contribution in [0.4, 0.5) is 10.5 Å². The van der Waals surface area contributed by atoms with Gasteiger partial charge in [0.15, 0.2) is 0 Å². The molecular formula is C35H38N4O4. The molecule has 5 rings (SSSR count). The number of rotatable bonds is 10. The highest BCUT2D eigenvalue weighted by Gasteiger charge is 2.34. The first kappa shape index (κ1) is 29.6. The number of amides is 3. The van der Waals surface area contributed by atoms with Gasteiger partial charge < -0.3 is 24.8 Å². The molecule has 1 atom stereocenters. The van der Waals surface area contributed by atoms with Gasteiger partial charge in [-0.05, 0) is 74.1 Å². The lowest BCUT2D eigenvalue weighted by Crippen LogP contribution is -2.57. The molecular weight excluding hydrogens is 540 g/mol. The Hall–Kier alpha value is -4.85. The van der Waals surface area contributed by atoms with Crippen molar-refractivity contribution in [2.75, 3.05) is 25.0 Å². The Bertz CT molecular complexity index is 1530. The zero-order valence-corrected chi connectivity index (χ0v) is 24.5. The lowest BCUT2D eigenvalue weighted by atomic mass is 10.0. The van der Waals surface area contributed by atoms with Crippen molar-refractivity contribution in [1.82, 2.24) is 14.4 Å². The molecule has 0 aliphatic carbocycles.